The summed E-state index contributed by atoms with van der Waals surface area (Å²) >= 11 is 0. The van der Waals surface area contributed by atoms with Gasteiger partial charge in [-0.05, 0) is 141 Å². The van der Waals surface area contributed by atoms with Crippen LogP contribution in [-0.4, -0.2) is 251 Å². The number of aliphatic carboxylic acids is 1. The number of hydrogen-bond donors (Lipinski definition) is 31. The number of carbonyl (C=O) groups is 15. The highest BCUT2D eigenvalue weighted by Gasteiger charge is 2.40. The van der Waals surface area contributed by atoms with Gasteiger partial charge >= 0.3 is 5.97 Å². The van der Waals surface area contributed by atoms with Gasteiger partial charge in [0.05, 0.1) is 30.6 Å². The van der Waals surface area contributed by atoms with Crippen molar-refractivity contribution < 1.29 is 97.5 Å². The molecule has 14 amide bonds. The third-order valence-electron chi connectivity index (χ3n) is 21.0. The zero-order chi connectivity index (χ0) is 99.0. The van der Waals surface area contributed by atoms with E-state index in [-0.39, 0.29) is 131 Å². The topological polar surface area (TPSA) is 810 Å². The predicted octanol–water partition coefficient (Wildman–Crippen LogP) is -4.85. The van der Waals surface area contributed by atoms with Crippen molar-refractivity contribution in [2.75, 3.05) is 19.6 Å². The van der Waals surface area contributed by atoms with Gasteiger partial charge in [0.15, 0.2) is 17.9 Å². The molecule has 134 heavy (non-hydrogen) atoms. The summed E-state index contributed by atoms with van der Waals surface area (Å²) in [6, 6.07) is 1.53. The van der Waals surface area contributed by atoms with Gasteiger partial charge < -0.3 is 150 Å². The monoisotopic (exact) mass is 1870 g/mol. The standard InChI is InChI=1S/C87H125N27O20/c1-44(2)33-56(88)72(121)103-58(13-8-30-98-85(91)92)74(123)111-66(39-51-42-97-43-102-51)80(129)109-63(35-47-16-22-52(116)23-17-47)77(126)108-64(36-48-18-24-53(117)25-19-48)78(127)112-67(40-70(90)120)81(130)110-65(38-50-41-101-57-12-7-6-11-55(50)57)79(128)107-62(34-45(3)4)82(131)114-71(46(5)115)83(132)106-60(15-10-32-100-87(95)96)73(122)105-61(28-29-69(89)119)76(125)104-59(14-9-31-99-86(93)94)75(124)113-68(84(133)134)37-49-20-26-54(118)27-21-49/h6-7,11-12,16-27,41-46,56,58-68,71,101,115-118H,8-10,13-15,28-40,88H2,1-5H3,(H2,89,119)(H2,90,120)(H,97,102)(H,103,121)(H,104,125)(H,105,122)(H,106,132)(H,107,128)(H,108,126)(H,109,129)(H,110,130)(H,111,123)(H,112,127)(H,113,124)(H,114,131)(H,133,134)(H4,91,92,98)(H4,93,94,99)(H4,95,96,100)/t46-,56+,58+,59+,60+,61+,62+,63+,64+,65+,66+,67+,68+,71+/m1/s1. The van der Waals surface area contributed by atoms with Crippen molar-refractivity contribution in [3.8, 4) is 17.2 Å². The second kappa shape index (κ2) is 53.8. The molecule has 6 aromatic rings. The Balaban J connectivity index is 1.30. The molecular formula is C87H125N27O20. The average molecular weight is 1870 g/mol. The average Bonchev–Trinajstić information content (AvgIpc) is 1.47. The highest BCUT2D eigenvalue weighted by atomic mass is 16.4. The number of primary amides is 2. The molecular weight excluding hydrogens is 1740 g/mol. The number of carboxylic acid groups (broad SMARTS) is 1. The highest BCUT2D eigenvalue weighted by Crippen LogP contribution is 2.22. The van der Waals surface area contributed by atoms with E-state index in [1.807, 2.05) is 13.8 Å². The fourth-order valence-corrected chi connectivity index (χ4v) is 14.1. The number of aromatic nitrogens is 3. The second-order valence-corrected chi connectivity index (χ2v) is 33.2. The summed E-state index contributed by atoms with van der Waals surface area (Å²) in [6.07, 6.45) is -1.96. The van der Waals surface area contributed by atoms with E-state index in [0.29, 0.717) is 27.6 Å². The zero-order valence-electron chi connectivity index (χ0n) is 74.9. The maximum Gasteiger partial charge on any atom is 0.326 e. The number of rotatable bonds is 57. The molecule has 14 atom stereocenters. The molecule has 0 saturated heterocycles. The summed E-state index contributed by atoms with van der Waals surface area (Å²) in [6.45, 7) is 8.10. The molecule has 728 valence electrons. The number of benzene rings is 4. The third kappa shape index (κ3) is 37.7. The third-order valence-corrected chi connectivity index (χ3v) is 21.0. The number of hydrogen-bond acceptors (Lipinski definition) is 24. The van der Waals surface area contributed by atoms with Crippen LogP contribution in [0.5, 0.6) is 17.2 Å². The Morgan fingerprint density at radius 2 is 0.739 bits per heavy atom. The van der Waals surface area contributed by atoms with Crippen LogP contribution in [0.1, 0.15) is 133 Å². The van der Waals surface area contributed by atoms with Crippen molar-refractivity contribution in [2.45, 2.75) is 222 Å². The molecule has 0 fully saturated rings. The van der Waals surface area contributed by atoms with Crippen LogP contribution >= 0.6 is 0 Å². The number of aromatic amines is 2. The van der Waals surface area contributed by atoms with Gasteiger partial charge in [0.1, 0.15) is 89.8 Å². The SMILES string of the molecule is CC(C)C[C@H](NC(=O)[C@H](Cc1c[nH]c2ccccc12)NC(=O)[C@H](CC(N)=O)NC(=O)[C@H](Cc1ccc(O)cc1)NC(=O)[C@H](Cc1ccc(O)cc1)NC(=O)[C@H](Cc1c[nH]cn1)NC(=O)[C@H](CCCNC(=N)N)NC(=O)[C@@H](N)CC(C)C)C(=O)N[C@H](C(=O)N[C@@H](CCCNC(=N)N)C(=O)N[C@@H](CCC(N)=O)C(=O)N[C@@H](CCCNC(=N)N)C(=O)N[C@@H](Cc1ccc(O)cc1)C(=O)O)[C@@H](C)O. The Morgan fingerprint density at radius 3 is 1.13 bits per heavy atom. The van der Waals surface area contributed by atoms with Crippen LogP contribution in [0.3, 0.4) is 0 Å². The molecule has 0 unspecified atom stereocenters. The number of carboxylic acids is 1. The van der Waals surface area contributed by atoms with E-state index in [0.717, 1.165) is 6.92 Å². The lowest BCUT2D eigenvalue weighted by atomic mass is 9.99. The summed E-state index contributed by atoms with van der Waals surface area (Å²) in [5.41, 5.74) is 36.3. The molecule has 0 bridgehead atoms. The Labute approximate surface area is 771 Å². The number of guanidine groups is 3. The molecule has 2 aromatic heterocycles. The maximum absolute atomic E-state index is 15.3. The van der Waals surface area contributed by atoms with Crippen molar-refractivity contribution >= 4 is 117 Å². The molecule has 0 aliphatic rings. The van der Waals surface area contributed by atoms with Gasteiger partial charge in [-0.2, -0.15) is 0 Å². The largest absolute Gasteiger partial charge is 0.508 e. The number of amides is 14. The molecule has 37 N–H and O–H groups in total. The van der Waals surface area contributed by atoms with Crippen LogP contribution in [0.4, 0.5) is 0 Å². The minimum Gasteiger partial charge on any atom is -0.508 e. The molecule has 0 radical (unpaired) electrons. The minimum absolute atomic E-state index is 0.0176. The zero-order valence-corrected chi connectivity index (χ0v) is 74.9. The first-order valence-electron chi connectivity index (χ1n) is 43.4. The van der Waals surface area contributed by atoms with Gasteiger partial charge in [-0.15, -0.1) is 0 Å². The number of aliphatic hydroxyl groups excluding tert-OH is 1. The van der Waals surface area contributed by atoms with Gasteiger partial charge in [-0.25, -0.2) is 9.78 Å². The van der Waals surface area contributed by atoms with E-state index < -0.39 is 223 Å². The van der Waals surface area contributed by atoms with Crippen molar-refractivity contribution in [1.29, 1.82) is 16.2 Å². The number of imidazole rings is 1. The summed E-state index contributed by atoms with van der Waals surface area (Å²) in [4.78, 5) is 225. The number of carbonyl (C=O) groups excluding carboxylic acids is 14. The van der Waals surface area contributed by atoms with Gasteiger partial charge in [0.25, 0.3) is 0 Å². The Bertz CT molecular complexity index is 5020. The molecule has 4 aromatic carbocycles. The molecule has 0 saturated carbocycles. The van der Waals surface area contributed by atoms with Crippen LogP contribution in [-0.2, 0) is 104 Å². The van der Waals surface area contributed by atoms with Crippen LogP contribution in [0.2, 0.25) is 0 Å². The number of nitrogens with two attached hydrogens (primary N) is 6. The molecule has 0 aliphatic heterocycles. The number of fused-ring (bicyclic) bond motifs is 1. The van der Waals surface area contributed by atoms with Crippen molar-refractivity contribution in [1.82, 2.24) is 94.7 Å². The van der Waals surface area contributed by atoms with Crippen LogP contribution in [0.25, 0.3) is 10.9 Å². The molecule has 0 aliphatic carbocycles. The Hall–Kier alpha value is -15.2. The van der Waals surface area contributed by atoms with Gasteiger partial charge in [0.2, 0.25) is 82.7 Å². The van der Waals surface area contributed by atoms with Crippen LogP contribution < -0.4 is 114 Å². The highest BCUT2D eigenvalue weighted by molar-refractivity contribution is 6.01. The van der Waals surface area contributed by atoms with E-state index >= 15 is 19.2 Å². The number of phenols is 3. The Kier molecular flexibility index (Phi) is 43.2. The summed E-state index contributed by atoms with van der Waals surface area (Å²) < 4.78 is 0. The van der Waals surface area contributed by atoms with E-state index in [4.69, 9.17) is 50.6 Å². The van der Waals surface area contributed by atoms with Crippen molar-refractivity contribution in [3.63, 3.8) is 0 Å². The number of para-hydroxylation sites is 1. The van der Waals surface area contributed by atoms with Crippen molar-refractivity contribution in [2.24, 2.45) is 46.2 Å². The van der Waals surface area contributed by atoms with E-state index in [1.165, 1.54) is 91.5 Å². The lowest BCUT2D eigenvalue weighted by Crippen LogP contribution is -2.62. The molecule has 6 rings (SSSR count). The lowest BCUT2D eigenvalue weighted by Gasteiger charge is -2.29. The van der Waals surface area contributed by atoms with Crippen LogP contribution in [0.15, 0.2) is 116 Å². The van der Waals surface area contributed by atoms with Crippen LogP contribution in [0, 0.1) is 28.1 Å². The lowest BCUT2D eigenvalue weighted by molar-refractivity contribution is -0.142. The number of aromatic hydroxyl groups is 3. The minimum atomic E-state index is -2.01. The summed E-state index contributed by atoms with van der Waals surface area (Å²) in [5.74, 6) is -18.7. The predicted molar refractivity (Wildman–Crippen MR) is 489 cm³/mol. The number of nitrogens with one attached hydrogen (secondary N) is 20. The quantitative estimate of drug-likeness (QED) is 0.00967. The van der Waals surface area contributed by atoms with E-state index in [2.05, 4.69) is 94.7 Å². The van der Waals surface area contributed by atoms with E-state index in [9.17, 15) is 78.3 Å². The molecule has 2 heterocycles. The maximum atomic E-state index is 15.3. The van der Waals surface area contributed by atoms with Gasteiger partial charge in [0, 0.05) is 81.5 Å². The van der Waals surface area contributed by atoms with Crippen molar-refractivity contribution in [3.05, 3.63) is 144 Å². The fourth-order valence-electron chi connectivity index (χ4n) is 14.1. The number of phenolic OH excluding ortho intramolecular Hbond substituents is 3. The van der Waals surface area contributed by atoms with Gasteiger partial charge in [-0.3, -0.25) is 83.4 Å². The first-order chi connectivity index (χ1) is 63.4. The van der Waals surface area contributed by atoms with Gasteiger partial charge in [-0.1, -0.05) is 82.3 Å². The first kappa shape index (κ1) is 108. The molecule has 47 nitrogen and oxygen atoms in total. The Morgan fingerprint density at radius 1 is 0.388 bits per heavy atom. The molecule has 47 heteroatoms. The summed E-state index contributed by atoms with van der Waals surface area (Å²) in [5, 5.41) is 114. The number of nitrogens with zero attached hydrogens (tertiary/aromatic N) is 1. The number of aliphatic hydroxyl groups is 1. The normalized spacial score (nSPS) is 14.3. The van der Waals surface area contributed by atoms with E-state index in [1.54, 1.807) is 38.1 Å². The second-order valence-electron chi connectivity index (χ2n) is 33.2. The first-order valence-corrected chi connectivity index (χ1v) is 43.4. The number of H-pyrrole nitrogens is 2. The fraction of sp³-hybridized carbons (Fsp3) is 0.460. The summed E-state index contributed by atoms with van der Waals surface area (Å²) in [7, 11) is 0. The smallest absolute Gasteiger partial charge is 0.326 e. The molecule has 0 spiro atoms.